The van der Waals surface area contributed by atoms with Gasteiger partial charge in [0.2, 0.25) is 5.91 Å². The molecule has 1 aliphatic carbocycles. The van der Waals surface area contributed by atoms with Crippen LogP contribution in [0.4, 0.5) is 0 Å². The fourth-order valence-electron chi connectivity index (χ4n) is 1.95. The quantitative estimate of drug-likeness (QED) is 0.880. The van der Waals surface area contributed by atoms with Gasteiger partial charge in [0, 0.05) is 6.54 Å². The Bertz CT molecular complexity index is 405. The van der Waals surface area contributed by atoms with E-state index in [0.29, 0.717) is 5.92 Å². The number of carbonyl (C=O) groups is 1. The first-order valence-corrected chi connectivity index (χ1v) is 6.18. The van der Waals surface area contributed by atoms with Crippen molar-refractivity contribution < 1.29 is 4.79 Å². The van der Waals surface area contributed by atoms with E-state index in [-0.39, 0.29) is 18.3 Å². The number of nitrogens with two attached hydrogens (primary N) is 1. The summed E-state index contributed by atoms with van der Waals surface area (Å²) >= 11 is 0. The van der Waals surface area contributed by atoms with Crippen LogP contribution in [-0.2, 0) is 4.79 Å². The predicted octanol–water partition coefficient (Wildman–Crippen LogP) is 2.19. The first-order valence-electron chi connectivity index (χ1n) is 6.18. The summed E-state index contributed by atoms with van der Waals surface area (Å²) in [5, 5.41) is 2.92. The van der Waals surface area contributed by atoms with Gasteiger partial charge in [0.15, 0.2) is 0 Å². The van der Waals surface area contributed by atoms with Gasteiger partial charge in [-0.1, -0.05) is 36.8 Å². The van der Waals surface area contributed by atoms with Crippen molar-refractivity contribution in [2.45, 2.75) is 26.3 Å². The molecule has 1 aromatic carbocycles. The Hall–Kier alpha value is -1.06. The lowest BCUT2D eigenvalue weighted by molar-refractivity contribution is -0.122. The van der Waals surface area contributed by atoms with Crippen LogP contribution in [0, 0.1) is 18.8 Å². The average molecular weight is 269 g/mol. The van der Waals surface area contributed by atoms with E-state index in [1.807, 2.05) is 31.2 Å². The molecule has 3 atom stereocenters. The molecule has 0 heterocycles. The normalized spacial score (nSPS) is 22.8. The largest absolute Gasteiger partial charge is 0.354 e. The highest BCUT2D eigenvalue weighted by atomic mass is 35.5. The molecular weight excluding hydrogens is 248 g/mol. The van der Waals surface area contributed by atoms with Gasteiger partial charge in [0.25, 0.3) is 0 Å². The number of rotatable bonds is 4. The van der Waals surface area contributed by atoms with Crippen molar-refractivity contribution in [1.82, 2.24) is 5.32 Å². The minimum atomic E-state index is -0.551. The molecule has 1 aromatic rings. The van der Waals surface area contributed by atoms with Crippen LogP contribution in [0.25, 0.3) is 0 Å². The first kappa shape index (κ1) is 15.0. The molecule has 1 saturated carbocycles. The molecule has 0 spiro atoms. The number of nitrogens with one attached hydrogen (secondary N) is 1. The number of carbonyl (C=O) groups excluding carboxylic acids is 1. The maximum Gasteiger partial charge on any atom is 0.241 e. The van der Waals surface area contributed by atoms with Crippen molar-refractivity contribution in [3.8, 4) is 0 Å². The first-order chi connectivity index (χ1) is 8.08. The number of aryl methyl sites for hydroxylation is 1. The highest BCUT2D eigenvalue weighted by Crippen LogP contribution is 2.36. The summed E-state index contributed by atoms with van der Waals surface area (Å²) in [5.41, 5.74) is 7.96. The zero-order valence-electron chi connectivity index (χ0n) is 10.8. The van der Waals surface area contributed by atoms with Crippen LogP contribution in [0.5, 0.6) is 0 Å². The molecular formula is C14H21ClN2O. The van der Waals surface area contributed by atoms with Gasteiger partial charge >= 0.3 is 0 Å². The van der Waals surface area contributed by atoms with E-state index in [0.717, 1.165) is 18.0 Å². The third kappa shape index (κ3) is 3.72. The second-order valence-electron chi connectivity index (χ2n) is 5.11. The number of hydrogen-bond acceptors (Lipinski definition) is 2. The number of hydrogen-bond donors (Lipinski definition) is 2. The minimum absolute atomic E-state index is 0. The van der Waals surface area contributed by atoms with Crippen LogP contribution in [-0.4, -0.2) is 12.5 Å². The Balaban J connectivity index is 0.00000162. The monoisotopic (exact) mass is 268 g/mol. The topological polar surface area (TPSA) is 55.1 Å². The van der Waals surface area contributed by atoms with Crippen molar-refractivity contribution >= 4 is 18.3 Å². The Morgan fingerprint density at radius 2 is 2.00 bits per heavy atom. The number of halogens is 1. The molecule has 3 nitrogen and oxygen atoms in total. The smallest absolute Gasteiger partial charge is 0.241 e. The molecule has 0 aromatic heterocycles. The molecule has 0 bridgehead atoms. The Kier molecular flexibility index (Phi) is 5.17. The van der Waals surface area contributed by atoms with Gasteiger partial charge < -0.3 is 11.1 Å². The highest BCUT2D eigenvalue weighted by molar-refractivity contribution is 5.85. The van der Waals surface area contributed by atoms with Crippen LogP contribution in [0.3, 0.4) is 0 Å². The molecule has 3 unspecified atom stereocenters. The highest BCUT2D eigenvalue weighted by Gasteiger charge is 2.32. The van der Waals surface area contributed by atoms with Crippen molar-refractivity contribution in [3.63, 3.8) is 0 Å². The molecule has 0 radical (unpaired) electrons. The molecule has 100 valence electrons. The van der Waals surface area contributed by atoms with Crippen molar-refractivity contribution in [3.05, 3.63) is 35.4 Å². The van der Waals surface area contributed by atoms with E-state index in [4.69, 9.17) is 5.73 Å². The van der Waals surface area contributed by atoms with Gasteiger partial charge in [0.1, 0.15) is 6.04 Å². The molecule has 4 heteroatoms. The second-order valence-corrected chi connectivity index (χ2v) is 5.11. The average Bonchev–Trinajstić information content (AvgIpc) is 3.02. The van der Waals surface area contributed by atoms with Gasteiger partial charge in [-0.15, -0.1) is 12.4 Å². The van der Waals surface area contributed by atoms with Gasteiger partial charge in [-0.25, -0.2) is 0 Å². The zero-order chi connectivity index (χ0) is 12.4. The SMILES string of the molecule is Cc1ccc(C(N)C(=O)NCC2CC2C)cc1.Cl. The summed E-state index contributed by atoms with van der Waals surface area (Å²) in [5.74, 6) is 1.34. The van der Waals surface area contributed by atoms with E-state index in [2.05, 4.69) is 12.2 Å². The number of amides is 1. The summed E-state index contributed by atoms with van der Waals surface area (Å²) in [4.78, 5) is 11.8. The molecule has 1 aliphatic rings. The van der Waals surface area contributed by atoms with Crippen molar-refractivity contribution in [2.75, 3.05) is 6.54 Å². The Morgan fingerprint density at radius 1 is 1.44 bits per heavy atom. The summed E-state index contributed by atoms with van der Waals surface area (Å²) in [6, 6.07) is 7.24. The van der Waals surface area contributed by atoms with E-state index >= 15 is 0 Å². The van der Waals surface area contributed by atoms with E-state index in [1.165, 1.54) is 12.0 Å². The Morgan fingerprint density at radius 3 is 2.50 bits per heavy atom. The standard InChI is InChI=1S/C14H20N2O.ClH/c1-9-3-5-11(6-4-9)13(15)14(17)16-8-12-7-10(12)2;/h3-6,10,12-13H,7-8,15H2,1-2H3,(H,16,17);1H. The molecule has 0 aliphatic heterocycles. The van der Waals surface area contributed by atoms with Gasteiger partial charge in [-0.05, 0) is 30.7 Å². The van der Waals surface area contributed by atoms with E-state index < -0.39 is 6.04 Å². The van der Waals surface area contributed by atoms with Crippen LogP contribution < -0.4 is 11.1 Å². The third-order valence-electron chi connectivity index (χ3n) is 3.53. The van der Waals surface area contributed by atoms with Crippen LogP contribution >= 0.6 is 12.4 Å². The lowest BCUT2D eigenvalue weighted by atomic mass is 10.1. The van der Waals surface area contributed by atoms with E-state index in [1.54, 1.807) is 0 Å². The molecule has 0 saturated heterocycles. The van der Waals surface area contributed by atoms with E-state index in [9.17, 15) is 4.79 Å². The van der Waals surface area contributed by atoms with Crippen LogP contribution in [0.15, 0.2) is 24.3 Å². The summed E-state index contributed by atoms with van der Waals surface area (Å²) in [6.07, 6.45) is 1.22. The van der Waals surface area contributed by atoms with Gasteiger partial charge in [-0.2, -0.15) is 0 Å². The van der Waals surface area contributed by atoms with Crippen molar-refractivity contribution in [1.29, 1.82) is 0 Å². The lowest BCUT2D eigenvalue weighted by Gasteiger charge is -2.12. The summed E-state index contributed by atoms with van der Waals surface area (Å²) in [6.45, 7) is 4.99. The molecule has 3 N–H and O–H groups in total. The lowest BCUT2D eigenvalue weighted by Crippen LogP contribution is -2.35. The third-order valence-corrected chi connectivity index (χ3v) is 3.53. The summed E-state index contributed by atoms with van der Waals surface area (Å²) < 4.78 is 0. The second kappa shape index (κ2) is 6.21. The molecule has 18 heavy (non-hydrogen) atoms. The fourth-order valence-corrected chi connectivity index (χ4v) is 1.95. The van der Waals surface area contributed by atoms with Crippen molar-refractivity contribution in [2.24, 2.45) is 17.6 Å². The fraction of sp³-hybridized carbons (Fsp3) is 0.500. The molecule has 1 amide bonds. The molecule has 1 fully saturated rings. The molecule has 2 rings (SSSR count). The Labute approximate surface area is 115 Å². The zero-order valence-corrected chi connectivity index (χ0v) is 11.7. The maximum absolute atomic E-state index is 11.8. The number of benzene rings is 1. The van der Waals surface area contributed by atoms with Gasteiger partial charge in [-0.3, -0.25) is 4.79 Å². The maximum atomic E-state index is 11.8. The van der Waals surface area contributed by atoms with Crippen LogP contribution in [0.1, 0.15) is 30.5 Å². The predicted molar refractivity (Wildman–Crippen MR) is 75.6 cm³/mol. The minimum Gasteiger partial charge on any atom is -0.354 e. The summed E-state index contributed by atoms with van der Waals surface area (Å²) in [7, 11) is 0. The van der Waals surface area contributed by atoms with Gasteiger partial charge in [0.05, 0.1) is 0 Å². The van der Waals surface area contributed by atoms with Crippen LogP contribution in [0.2, 0.25) is 0 Å².